The van der Waals surface area contributed by atoms with Crippen LogP contribution < -0.4 is 10.1 Å². The molecule has 0 bridgehead atoms. The van der Waals surface area contributed by atoms with E-state index in [1.807, 2.05) is 0 Å². The first-order chi connectivity index (χ1) is 8.93. The van der Waals surface area contributed by atoms with Crippen molar-refractivity contribution < 1.29 is 9.47 Å². The standard InChI is InChI=1S/C15H21NO2/c1-2-4-15(18-13-7-10-17-11-13)14(3-1)12-5-8-16-9-6-12/h1-4,12-13,16H,5-11H2/t13-/m1/s1. The summed E-state index contributed by atoms with van der Waals surface area (Å²) in [5, 5.41) is 3.42. The first kappa shape index (κ1) is 12.0. The molecular weight excluding hydrogens is 226 g/mol. The molecule has 1 atom stereocenters. The Kier molecular flexibility index (Phi) is 3.81. The maximum absolute atomic E-state index is 6.11. The zero-order chi connectivity index (χ0) is 12.2. The highest BCUT2D eigenvalue weighted by molar-refractivity contribution is 5.36. The van der Waals surface area contributed by atoms with Gasteiger partial charge in [-0.05, 0) is 43.5 Å². The molecule has 0 aliphatic carbocycles. The number of ether oxygens (including phenoxy) is 2. The van der Waals surface area contributed by atoms with Crippen LogP contribution in [-0.2, 0) is 4.74 Å². The molecule has 3 nitrogen and oxygen atoms in total. The Balaban J connectivity index is 1.75. The highest BCUT2D eigenvalue weighted by atomic mass is 16.5. The van der Waals surface area contributed by atoms with E-state index in [1.165, 1.54) is 18.4 Å². The van der Waals surface area contributed by atoms with Gasteiger partial charge in [-0.2, -0.15) is 0 Å². The molecule has 0 radical (unpaired) electrons. The molecule has 0 amide bonds. The lowest BCUT2D eigenvalue weighted by atomic mass is 9.89. The molecule has 1 aromatic rings. The zero-order valence-corrected chi connectivity index (χ0v) is 10.7. The second kappa shape index (κ2) is 5.72. The van der Waals surface area contributed by atoms with Crippen LogP contribution in [0.2, 0.25) is 0 Å². The van der Waals surface area contributed by atoms with Crippen molar-refractivity contribution in [2.45, 2.75) is 31.3 Å². The van der Waals surface area contributed by atoms with Gasteiger partial charge in [0.05, 0.1) is 13.2 Å². The number of para-hydroxylation sites is 1. The summed E-state index contributed by atoms with van der Waals surface area (Å²) in [6.45, 7) is 3.80. The van der Waals surface area contributed by atoms with Gasteiger partial charge >= 0.3 is 0 Å². The van der Waals surface area contributed by atoms with Gasteiger partial charge in [-0.25, -0.2) is 0 Å². The number of nitrogens with one attached hydrogen (secondary N) is 1. The van der Waals surface area contributed by atoms with Crippen LogP contribution in [-0.4, -0.2) is 32.4 Å². The minimum atomic E-state index is 0.243. The Morgan fingerprint density at radius 2 is 1.94 bits per heavy atom. The van der Waals surface area contributed by atoms with Gasteiger partial charge in [-0.3, -0.25) is 0 Å². The predicted octanol–water partition coefficient (Wildman–Crippen LogP) is 2.32. The summed E-state index contributed by atoms with van der Waals surface area (Å²) in [6, 6.07) is 8.52. The summed E-state index contributed by atoms with van der Waals surface area (Å²) in [6.07, 6.45) is 3.68. The van der Waals surface area contributed by atoms with Crippen LogP contribution in [0.4, 0.5) is 0 Å². The quantitative estimate of drug-likeness (QED) is 0.889. The van der Waals surface area contributed by atoms with E-state index < -0.39 is 0 Å². The molecule has 0 aromatic heterocycles. The Labute approximate surface area is 108 Å². The van der Waals surface area contributed by atoms with Gasteiger partial charge in [0.15, 0.2) is 0 Å². The van der Waals surface area contributed by atoms with Crippen LogP contribution in [0.5, 0.6) is 5.75 Å². The fourth-order valence-electron chi connectivity index (χ4n) is 2.84. The normalized spacial score (nSPS) is 25.2. The lowest BCUT2D eigenvalue weighted by Crippen LogP contribution is -2.27. The van der Waals surface area contributed by atoms with Crippen LogP contribution >= 0.6 is 0 Å². The second-order valence-corrected chi connectivity index (χ2v) is 5.17. The van der Waals surface area contributed by atoms with E-state index in [-0.39, 0.29) is 6.10 Å². The number of hydrogen-bond acceptors (Lipinski definition) is 3. The molecule has 2 fully saturated rings. The van der Waals surface area contributed by atoms with E-state index in [1.54, 1.807) is 0 Å². The van der Waals surface area contributed by atoms with Gasteiger partial charge < -0.3 is 14.8 Å². The van der Waals surface area contributed by atoms with Gasteiger partial charge in [0, 0.05) is 6.42 Å². The average molecular weight is 247 g/mol. The van der Waals surface area contributed by atoms with Gasteiger partial charge in [0.1, 0.15) is 11.9 Å². The van der Waals surface area contributed by atoms with Gasteiger partial charge in [0.25, 0.3) is 0 Å². The summed E-state index contributed by atoms with van der Waals surface area (Å²) in [5.41, 5.74) is 1.38. The molecule has 3 rings (SSSR count). The predicted molar refractivity (Wildman–Crippen MR) is 71.1 cm³/mol. The molecule has 2 aliphatic rings. The maximum atomic E-state index is 6.11. The minimum Gasteiger partial charge on any atom is -0.488 e. The van der Waals surface area contributed by atoms with Gasteiger partial charge in [-0.1, -0.05) is 18.2 Å². The molecule has 0 spiro atoms. The Morgan fingerprint density at radius 1 is 1.11 bits per heavy atom. The molecule has 0 unspecified atom stereocenters. The third kappa shape index (κ3) is 2.68. The van der Waals surface area contributed by atoms with E-state index in [0.29, 0.717) is 5.92 Å². The van der Waals surface area contributed by atoms with Crippen LogP contribution in [0, 0.1) is 0 Å². The largest absolute Gasteiger partial charge is 0.488 e. The SMILES string of the molecule is c1ccc(C2CCNCC2)c(O[C@@H]2CCOC2)c1. The Bertz CT molecular complexity index is 382. The van der Waals surface area contributed by atoms with Crippen molar-refractivity contribution in [1.82, 2.24) is 5.32 Å². The number of piperidine rings is 1. The van der Waals surface area contributed by atoms with E-state index in [2.05, 4.69) is 29.6 Å². The molecule has 0 saturated carbocycles. The third-order valence-corrected chi connectivity index (χ3v) is 3.88. The number of rotatable bonds is 3. The molecule has 2 saturated heterocycles. The van der Waals surface area contributed by atoms with Crippen LogP contribution in [0.15, 0.2) is 24.3 Å². The molecule has 1 N–H and O–H groups in total. The minimum absolute atomic E-state index is 0.243. The van der Waals surface area contributed by atoms with Crippen molar-refractivity contribution in [2.75, 3.05) is 26.3 Å². The van der Waals surface area contributed by atoms with E-state index in [9.17, 15) is 0 Å². The summed E-state index contributed by atoms with van der Waals surface area (Å²) in [5.74, 6) is 1.71. The van der Waals surface area contributed by atoms with Crippen LogP contribution in [0.1, 0.15) is 30.7 Å². The Morgan fingerprint density at radius 3 is 2.72 bits per heavy atom. The van der Waals surface area contributed by atoms with E-state index in [0.717, 1.165) is 38.5 Å². The van der Waals surface area contributed by atoms with Crippen molar-refractivity contribution in [1.29, 1.82) is 0 Å². The fourth-order valence-corrected chi connectivity index (χ4v) is 2.84. The molecule has 2 aliphatic heterocycles. The number of benzene rings is 1. The van der Waals surface area contributed by atoms with E-state index >= 15 is 0 Å². The highest BCUT2D eigenvalue weighted by Gasteiger charge is 2.22. The van der Waals surface area contributed by atoms with Gasteiger partial charge in [-0.15, -0.1) is 0 Å². The fraction of sp³-hybridized carbons (Fsp3) is 0.600. The summed E-state index contributed by atoms with van der Waals surface area (Å²) in [4.78, 5) is 0. The van der Waals surface area contributed by atoms with Crippen molar-refractivity contribution in [2.24, 2.45) is 0 Å². The monoisotopic (exact) mass is 247 g/mol. The van der Waals surface area contributed by atoms with Crippen molar-refractivity contribution in [3.05, 3.63) is 29.8 Å². The van der Waals surface area contributed by atoms with Crippen molar-refractivity contribution in [3.63, 3.8) is 0 Å². The second-order valence-electron chi connectivity index (χ2n) is 5.17. The highest BCUT2D eigenvalue weighted by Crippen LogP contribution is 2.33. The average Bonchev–Trinajstić information content (AvgIpc) is 2.93. The van der Waals surface area contributed by atoms with E-state index in [4.69, 9.17) is 9.47 Å². The lowest BCUT2D eigenvalue weighted by molar-refractivity contribution is 0.140. The maximum Gasteiger partial charge on any atom is 0.124 e. The topological polar surface area (TPSA) is 30.5 Å². The smallest absolute Gasteiger partial charge is 0.124 e. The zero-order valence-electron chi connectivity index (χ0n) is 10.7. The summed E-state index contributed by atoms with van der Waals surface area (Å²) >= 11 is 0. The molecule has 1 aromatic carbocycles. The summed E-state index contributed by atoms with van der Waals surface area (Å²) < 4.78 is 11.5. The molecular formula is C15H21NO2. The van der Waals surface area contributed by atoms with Crippen molar-refractivity contribution in [3.8, 4) is 5.75 Å². The first-order valence-corrected chi connectivity index (χ1v) is 6.97. The first-order valence-electron chi connectivity index (χ1n) is 6.97. The molecule has 18 heavy (non-hydrogen) atoms. The lowest BCUT2D eigenvalue weighted by Gasteiger charge is -2.25. The van der Waals surface area contributed by atoms with Gasteiger partial charge in [0.2, 0.25) is 0 Å². The Hall–Kier alpha value is -1.06. The molecule has 3 heteroatoms. The van der Waals surface area contributed by atoms with Crippen LogP contribution in [0.25, 0.3) is 0 Å². The third-order valence-electron chi connectivity index (χ3n) is 3.88. The van der Waals surface area contributed by atoms with Crippen LogP contribution in [0.3, 0.4) is 0 Å². The molecule has 2 heterocycles. The summed E-state index contributed by atoms with van der Waals surface area (Å²) in [7, 11) is 0. The molecule has 98 valence electrons. The van der Waals surface area contributed by atoms with Crippen molar-refractivity contribution >= 4 is 0 Å². The number of hydrogen-bond donors (Lipinski definition) is 1.